The Balaban J connectivity index is 2.06. The first-order valence-corrected chi connectivity index (χ1v) is 6.95. The molecule has 2 aromatic rings. The molecule has 1 atom stereocenters. The fraction of sp³-hybridized carbons (Fsp3) is 0.312. The smallest absolute Gasteiger partial charge is 0.341 e. The van der Waals surface area contributed by atoms with Gasteiger partial charge in [-0.25, -0.2) is 4.79 Å². The Morgan fingerprint density at radius 2 is 2.05 bits per heavy atom. The summed E-state index contributed by atoms with van der Waals surface area (Å²) in [5.74, 6) is -0.933. The first-order valence-electron chi connectivity index (χ1n) is 6.95. The van der Waals surface area contributed by atoms with Gasteiger partial charge in [0.1, 0.15) is 0 Å². The molecule has 0 aliphatic rings. The molecule has 0 saturated carbocycles. The highest BCUT2D eigenvalue weighted by molar-refractivity contribution is 6.03. The van der Waals surface area contributed by atoms with Crippen molar-refractivity contribution in [2.45, 2.75) is 13.0 Å². The number of pyridine rings is 1. The molecule has 0 aliphatic heterocycles. The van der Waals surface area contributed by atoms with Gasteiger partial charge in [0.05, 0.1) is 17.7 Å². The van der Waals surface area contributed by atoms with Gasteiger partial charge in [0.15, 0.2) is 6.10 Å². The SMILES string of the molecule is COCCNC(=O)[C@@H](C)OC(=O)c1cccc2cccnc12. The van der Waals surface area contributed by atoms with Crippen LogP contribution < -0.4 is 5.32 Å². The number of fused-ring (bicyclic) bond motifs is 1. The van der Waals surface area contributed by atoms with Crippen LogP contribution in [0.1, 0.15) is 17.3 Å². The van der Waals surface area contributed by atoms with Crippen molar-refractivity contribution < 1.29 is 19.1 Å². The average Bonchev–Trinajstić information content (AvgIpc) is 2.54. The molecule has 0 radical (unpaired) electrons. The third-order valence-corrected chi connectivity index (χ3v) is 3.11. The van der Waals surface area contributed by atoms with Gasteiger partial charge in [-0.1, -0.05) is 18.2 Å². The second-order valence-electron chi connectivity index (χ2n) is 4.71. The number of esters is 1. The van der Waals surface area contributed by atoms with Crippen LogP contribution in [0.25, 0.3) is 10.9 Å². The van der Waals surface area contributed by atoms with Gasteiger partial charge in [0, 0.05) is 25.2 Å². The van der Waals surface area contributed by atoms with E-state index in [1.807, 2.05) is 12.1 Å². The Morgan fingerprint density at radius 1 is 1.27 bits per heavy atom. The normalized spacial score (nSPS) is 11.9. The van der Waals surface area contributed by atoms with E-state index in [9.17, 15) is 9.59 Å². The molecule has 1 aromatic heterocycles. The molecular weight excluding hydrogens is 284 g/mol. The Kier molecular flexibility index (Phi) is 5.43. The van der Waals surface area contributed by atoms with Gasteiger partial charge in [-0.05, 0) is 19.1 Å². The van der Waals surface area contributed by atoms with E-state index in [1.165, 1.54) is 6.92 Å². The van der Waals surface area contributed by atoms with Gasteiger partial charge < -0.3 is 14.8 Å². The van der Waals surface area contributed by atoms with Crippen LogP contribution in [0, 0.1) is 0 Å². The van der Waals surface area contributed by atoms with Gasteiger partial charge in [-0.15, -0.1) is 0 Å². The highest BCUT2D eigenvalue weighted by Crippen LogP contribution is 2.17. The van der Waals surface area contributed by atoms with Gasteiger partial charge in [0.2, 0.25) is 0 Å². The van der Waals surface area contributed by atoms with E-state index in [0.717, 1.165) is 5.39 Å². The minimum absolute atomic E-state index is 0.342. The molecule has 22 heavy (non-hydrogen) atoms. The summed E-state index contributed by atoms with van der Waals surface area (Å²) in [6.07, 6.45) is 0.725. The molecule has 0 bridgehead atoms. The fourth-order valence-electron chi connectivity index (χ4n) is 1.97. The van der Waals surface area contributed by atoms with Gasteiger partial charge in [-0.3, -0.25) is 9.78 Å². The number of hydrogen-bond acceptors (Lipinski definition) is 5. The molecule has 1 N–H and O–H groups in total. The zero-order valence-corrected chi connectivity index (χ0v) is 12.5. The summed E-state index contributed by atoms with van der Waals surface area (Å²) in [5, 5.41) is 3.46. The van der Waals surface area contributed by atoms with E-state index in [-0.39, 0.29) is 5.91 Å². The number of amides is 1. The third kappa shape index (κ3) is 3.79. The number of nitrogens with zero attached hydrogens (tertiary/aromatic N) is 1. The molecular formula is C16H18N2O4. The predicted molar refractivity (Wildman–Crippen MR) is 81.5 cm³/mol. The molecule has 0 aliphatic carbocycles. The number of benzene rings is 1. The van der Waals surface area contributed by atoms with Crippen LogP contribution >= 0.6 is 0 Å². The quantitative estimate of drug-likeness (QED) is 0.647. The number of ether oxygens (including phenoxy) is 2. The Bertz CT molecular complexity index is 667. The standard InChI is InChI=1S/C16H18N2O4/c1-11(15(19)18-9-10-21-2)22-16(20)13-7-3-5-12-6-4-8-17-14(12)13/h3-8,11H,9-10H2,1-2H3,(H,18,19)/t11-/m1/s1. The summed E-state index contributed by atoms with van der Waals surface area (Å²) in [6.45, 7) is 2.30. The highest BCUT2D eigenvalue weighted by Gasteiger charge is 2.20. The summed E-state index contributed by atoms with van der Waals surface area (Å²) in [7, 11) is 1.54. The van der Waals surface area contributed by atoms with Gasteiger partial charge in [0.25, 0.3) is 5.91 Å². The van der Waals surface area contributed by atoms with E-state index >= 15 is 0 Å². The van der Waals surface area contributed by atoms with Crippen LogP contribution in [0.15, 0.2) is 36.5 Å². The molecule has 1 amide bonds. The van der Waals surface area contributed by atoms with Crippen molar-refractivity contribution in [3.63, 3.8) is 0 Å². The molecule has 6 heteroatoms. The summed E-state index contributed by atoms with van der Waals surface area (Å²) in [4.78, 5) is 28.2. The summed E-state index contributed by atoms with van der Waals surface area (Å²) in [5.41, 5.74) is 0.900. The molecule has 116 valence electrons. The number of nitrogens with one attached hydrogen (secondary N) is 1. The molecule has 1 heterocycles. The van der Waals surface area contributed by atoms with Crippen molar-refractivity contribution in [3.05, 3.63) is 42.1 Å². The molecule has 0 unspecified atom stereocenters. The first kappa shape index (κ1) is 15.9. The zero-order chi connectivity index (χ0) is 15.9. The summed E-state index contributed by atoms with van der Waals surface area (Å²) in [6, 6.07) is 8.90. The lowest BCUT2D eigenvalue weighted by atomic mass is 10.1. The molecule has 1 aromatic carbocycles. The lowest BCUT2D eigenvalue weighted by Crippen LogP contribution is -2.37. The number of carbonyl (C=O) groups excluding carboxylic acids is 2. The Labute approximate surface area is 128 Å². The molecule has 0 spiro atoms. The third-order valence-electron chi connectivity index (χ3n) is 3.11. The van der Waals surface area contributed by atoms with Crippen molar-refractivity contribution in [2.24, 2.45) is 0 Å². The van der Waals surface area contributed by atoms with Crippen LogP contribution in [0.3, 0.4) is 0 Å². The first-order chi connectivity index (χ1) is 10.6. The zero-order valence-electron chi connectivity index (χ0n) is 12.5. The number of hydrogen-bond donors (Lipinski definition) is 1. The maximum Gasteiger partial charge on any atom is 0.341 e. The van der Waals surface area contributed by atoms with E-state index in [4.69, 9.17) is 9.47 Å². The number of methoxy groups -OCH3 is 1. The van der Waals surface area contributed by atoms with Crippen molar-refractivity contribution in [1.29, 1.82) is 0 Å². The van der Waals surface area contributed by atoms with E-state index in [2.05, 4.69) is 10.3 Å². The molecule has 6 nitrogen and oxygen atoms in total. The minimum Gasteiger partial charge on any atom is -0.449 e. The molecule has 0 fully saturated rings. The molecule has 2 rings (SSSR count). The van der Waals surface area contributed by atoms with E-state index < -0.39 is 12.1 Å². The topological polar surface area (TPSA) is 77.5 Å². The van der Waals surface area contributed by atoms with E-state index in [0.29, 0.717) is 24.2 Å². The van der Waals surface area contributed by atoms with Crippen LogP contribution in [0.5, 0.6) is 0 Å². The van der Waals surface area contributed by atoms with Crippen LogP contribution in [-0.4, -0.2) is 43.2 Å². The maximum absolute atomic E-state index is 12.2. The summed E-state index contributed by atoms with van der Waals surface area (Å²) >= 11 is 0. The van der Waals surface area contributed by atoms with Crippen molar-refractivity contribution in [3.8, 4) is 0 Å². The van der Waals surface area contributed by atoms with Crippen LogP contribution in [0.4, 0.5) is 0 Å². The lowest BCUT2D eigenvalue weighted by Gasteiger charge is -2.14. The van der Waals surface area contributed by atoms with Crippen molar-refractivity contribution in [1.82, 2.24) is 10.3 Å². The number of carbonyl (C=O) groups is 2. The predicted octanol–water partition coefficient (Wildman–Crippen LogP) is 1.54. The van der Waals surface area contributed by atoms with Crippen molar-refractivity contribution >= 4 is 22.8 Å². The second-order valence-corrected chi connectivity index (χ2v) is 4.71. The lowest BCUT2D eigenvalue weighted by molar-refractivity contribution is -0.129. The fourth-order valence-corrected chi connectivity index (χ4v) is 1.97. The monoisotopic (exact) mass is 302 g/mol. The number of rotatable bonds is 6. The summed E-state index contributed by atoms with van der Waals surface area (Å²) < 4.78 is 10.0. The minimum atomic E-state index is -0.886. The van der Waals surface area contributed by atoms with E-state index in [1.54, 1.807) is 31.5 Å². The highest BCUT2D eigenvalue weighted by atomic mass is 16.5. The number of aromatic nitrogens is 1. The molecule has 0 saturated heterocycles. The van der Waals surface area contributed by atoms with Crippen LogP contribution in [-0.2, 0) is 14.3 Å². The van der Waals surface area contributed by atoms with Crippen molar-refractivity contribution in [2.75, 3.05) is 20.3 Å². The average molecular weight is 302 g/mol. The second kappa shape index (κ2) is 7.51. The largest absolute Gasteiger partial charge is 0.449 e. The van der Waals surface area contributed by atoms with Gasteiger partial charge in [-0.2, -0.15) is 0 Å². The Hall–Kier alpha value is -2.47. The Morgan fingerprint density at radius 3 is 2.82 bits per heavy atom. The van der Waals surface area contributed by atoms with Crippen LogP contribution in [0.2, 0.25) is 0 Å². The maximum atomic E-state index is 12.2. The number of para-hydroxylation sites is 1. The van der Waals surface area contributed by atoms with Gasteiger partial charge >= 0.3 is 5.97 Å².